The highest BCUT2D eigenvalue weighted by molar-refractivity contribution is 7.99. The third-order valence-corrected chi connectivity index (χ3v) is 2.70. The van der Waals surface area contributed by atoms with Crippen LogP contribution in [0, 0.1) is 6.92 Å². The van der Waals surface area contributed by atoms with Crippen LogP contribution < -0.4 is 0 Å². The lowest BCUT2D eigenvalue weighted by Gasteiger charge is -1.92. The summed E-state index contributed by atoms with van der Waals surface area (Å²) in [5, 5.41) is 0.302. The first-order chi connectivity index (χ1) is 7.15. The van der Waals surface area contributed by atoms with Gasteiger partial charge in [-0.2, -0.15) is 0 Å². The number of hydrogen-bond donors (Lipinski definition) is 0. The van der Waals surface area contributed by atoms with Gasteiger partial charge in [0.1, 0.15) is 5.52 Å². The minimum Gasteiger partial charge on any atom is -0.431 e. The Hall–Kier alpha value is -1.10. The number of hydrogen-bond acceptors (Lipinski definition) is 3. The molecule has 0 spiro atoms. The maximum Gasteiger partial charge on any atom is 0.256 e. The molecule has 2 aromatic rings. The van der Waals surface area contributed by atoms with Gasteiger partial charge in [0, 0.05) is 0 Å². The van der Waals surface area contributed by atoms with Crippen LogP contribution in [0.3, 0.4) is 0 Å². The fourth-order valence-corrected chi connectivity index (χ4v) is 1.79. The van der Waals surface area contributed by atoms with E-state index in [1.165, 1.54) is 0 Å². The van der Waals surface area contributed by atoms with Crippen molar-refractivity contribution in [1.82, 2.24) is 4.98 Å². The predicted molar refractivity (Wildman–Crippen MR) is 55.5 cm³/mol. The van der Waals surface area contributed by atoms with E-state index in [1.54, 1.807) is 6.07 Å². The molecule has 15 heavy (non-hydrogen) atoms. The first-order valence-electron chi connectivity index (χ1n) is 4.43. The lowest BCUT2D eigenvalue weighted by Crippen LogP contribution is -1.92. The van der Waals surface area contributed by atoms with E-state index in [9.17, 15) is 8.78 Å². The van der Waals surface area contributed by atoms with Crippen LogP contribution in [0.15, 0.2) is 27.8 Å². The smallest absolute Gasteiger partial charge is 0.256 e. The summed E-state index contributed by atoms with van der Waals surface area (Å²) in [7, 11) is 0. The number of rotatable bonds is 3. The van der Waals surface area contributed by atoms with Crippen molar-refractivity contribution in [2.24, 2.45) is 0 Å². The molecular weight excluding hydrogens is 220 g/mol. The second-order valence-electron chi connectivity index (χ2n) is 3.15. The van der Waals surface area contributed by atoms with Gasteiger partial charge in [0.25, 0.3) is 5.22 Å². The minimum absolute atomic E-state index is 0.286. The molecule has 2 nitrogen and oxygen atoms in total. The van der Waals surface area contributed by atoms with E-state index in [4.69, 9.17) is 4.42 Å². The zero-order valence-electron chi connectivity index (χ0n) is 8.04. The van der Waals surface area contributed by atoms with Gasteiger partial charge in [-0.25, -0.2) is 13.8 Å². The third-order valence-electron chi connectivity index (χ3n) is 1.86. The van der Waals surface area contributed by atoms with E-state index in [-0.39, 0.29) is 5.75 Å². The van der Waals surface area contributed by atoms with E-state index < -0.39 is 6.43 Å². The van der Waals surface area contributed by atoms with Crippen molar-refractivity contribution < 1.29 is 13.2 Å². The predicted octanol–water partition coefficient (Wildman–Crippen LogP) is 3.49. The van der Waals surface area contributed by atoms with Crippen LogP contribution in [0.25, 0.3) is 11.1 Å². The van der Waals surface area contributed by atoms with Gasteiger partial charge in [0.2, 0.25) is 6.43 Å². The summed E-state index contributed by atoms with van der Waals surface area (Å²) in [5.41, 5.74) is 2.42. The normalized spacial score (nSPS) is 11.5. The van der Waals surface area contributed by atoms with E-state index in [0.29, 0.717) is 16.3 Å². The second-order valence-corrected chi connectivity index (χ2v) is 4.12. The number of benzene rings is 1. The topological polar surface area (TPSA) is 26.0 Å². The summed E-state index contributed by atoms with van der Waals surface area (Å²) in [5.74, 6) is -0.286. The van der Waals surface area contributed by atoms with Crippen LogP contribution in [0.2, 0.25) is 0 Å². The van der Waals surface area contributed by atoms with Gasteiger partial charge < -0.3 is 4.42 Å². The molecule has 0 bridgehead atoms. The van der Waals surface area contributed by atoms with Crippen molar-refractivity contribution in [1.29, 1.82) is 0 Å². The molecule has 5 heteroatoms. The first kappa shape index (κ1) is 10.4. The summed E-state index contributed by atoms with van der Waals surface area (Å²) in [6, 6.07) is 5.56. The fourth-order valence-electron chi connectivity index (χ4n) is 1.21. The Kier molecular flexibility index (Phi) is 2.90. The van der Waals surface area contributed by atoms with Gasteiger partial charge >= 0.3 is 0 Å². The molecule has 0 radical (unpaired) electrons. The number of fused-ring (bicyclic) bond motifs is 1. The van der Waals surface area contributed by atoms with Crippen LogP contribution in [0.5, 0.6) is 0 Å². The highest BCUT2D eigenvalue weighted by Gasteiger charge is 2.09. The first-order valence-corrected chi connectivity index (χ1v) is 5.42. The third kappa shape index (κ3) is 2.47. The van der Waals surface area contributed by atoms with Crippen molar-refractivity contribution in [3.63, 3.8) is 0 Å². The summed E-state index contributed by atoms with van der Waals surface area (Å²) in [6.45, 7) is 1.94. The highest BCUT2D eigenvalue weighted by Crippen LogP contribution is 2.25. The molecule has 0 aliphatic rings. The SMILES string of the molecule is Cc1ccc2oc(SCC(F)F)nc2c1. The van der Waals surface area contributed by atoms with Crippen molar-refractivity contribution >= 4 is 22.9 Å². The number of alkyl halides is 2. The average Bonchev–Trinajstić information content (AvgIpc) is 2.56. The van der Waals surface area contributed by atoms with Gasteiger partial charge in [-0.1, -0.05) is 17.8 Å². The minimum atomic E-state index is -2.34. The molecule has 2 rings (SSSR count). The van der Waals surface area contributed by atoms with Crippen LogP contribution >= 0.6 is 11.8 Å². The lowest BCUT2D eigenvalue weighted by atomic mass is 10.2. The summed E-state index contributed by atoms with van der Waals surface area (Å²) >= 11 is 0.932. The number of aryl methyl sites for hydroxylation is 1. The number of aromatic nitrogens is 1. The van der Waals surface area contributed by atoms with Crippen LogP contribution in [0.1, 0.15) is 5.56 Å². The molecule has 1 aromatic heterocycles. The van der Waals surface area contributed by atoms with Gasteiger partial charge in [0.15, 0.2) is 5.58 Å². The summed E-state index contributed by atoms with van der Waals surface area (Å²) < 4.78 is 29.2. The quantitative estimate of drug-likeness (QED) is 0.753. The highest BCUT2D eigenvalue weighted by atomic mass is 32.2. The largest absolute Gasteiger partial charge is 0.431 e. The number of thioether (sulfide) groups is 1. The Morgan fingerprint density at radius 1 is 1.47 bits per heavy atom. The molecule has 0 fully saturated rings. The van der Waals surface area contributed by atoms with E-state index in [1.807, 2.05) is 19.1 Å². The molecule has 0 N–H and O–H groups in total. The van der Waals surface area contributed by atoms with Crippen molar-refractivity contribution in [2.75, 3.05) is 5.75 Å². The maximum atomic E-state index is 11.9. The van der Waals surface area contributed by atoms with Crippen LogP contribution in [-0.4, -0.2) is 17.2 Å². The lowest BCUT2D eigenvalue weighted by molar-refractivity contribution is 0.176. The number of halogens is 2. The fraction of sp³-hybridized carbons (Fsp3) is 0.300. The Morgan fingerprint density at radius 3 is 3.00 bits per heavy atom. The molecule has 0 aliphatic heterocycles. The molecule has 1 aromatic carbocycles. The van der Waals surface area contributed by atoms with Crippen molar-refractivity contribution in [3.8, 4) is 0 Å². The average molecular weight is 229 g/mol. The molecule has 0 amide bonds. The summed E-state index contributed by atoms with van der Waals surface area (Å²) in [4.78, 5) is 4.11. The Bertz CT molecular complexity index is 469. The Balaban J connectivity index is 2.23. The zero-order valence-corrected chi connectivity index (χ0v) is 8.85. The number of nitrogens with zero attached hydrogens (tertiary/aromatic N) is 1. The Morgan fingerprint density at radius 2 is 2.27 bits per heavy atom. The van der Waals surface area contributed by atoms with Gasteiger partial charge in [-0.05, 0) is 24.6 Å². The standard InChI is InChI=1S/C10H9F2NOS/c1-6-2-3-8-7(4-6)13-10(14-8)15-5-9(11)12/h2-4,9H,5H2,1H3. The molecule has 1 heterocycles. The Labute approximate surface area is 89.7 Å². The zero-order chi connectivity index (χ0) is 10.8. The molecule has 0 saturated heterocycles. The molecule has 0 unspecified atom stereocenters. The van der Waals surface area contributed by atoms with Crippen molar-refractivity contribution in [2.45, 2.75) is 18.6 Å². The van der Waals surface area contributed by atoms with Gasteiger partial charge in [-0.3, -0.25) is 0 Å². The molecule has 80 valence electrons. The van der Waals surface area contributed by atoms with Crippen LogP contribution in [-0.2, 0) is 0 Å². The van der Waals surface area contributed by atoms with E-state index in [0.717, 1.165) is 17.3 Å². The van der Waals surface area contributed by atoms with E-state index in [2.05, 4.69) is 4.98 Å². The molecule has 0 atom stereocenters. The van der Waals surface area contributed by atoms with Crippen LogP contribution in [0.4, 0.5) is 8.78 Å². The molecule has 0 aliphatic carbocycles. The van der Waals surface area contributed by atoms with Gasteiger partial charge in [0.05, 0.1) is 5.75 Å². The second kappa shape index (κ2) is 4.18. The number of oxazole rings is 1. The van der Waals surface area contributed by atoms with Gasteiger partial charge in [-0.15, -0.1) is 0 Å². The molecule has 0 saturated carbocycles. The van der Waals surface area contributed by atoms with E-state index >= 15 is 0 Å². The monoisotopic (exact) mass is 229 g/mol. The summed E-state index contributed by atoms with van der Waals surface area (Å²) in [6.07, 6.45) is -2.34. The van der Waals surface area contributed by atoms with Crippen molar-refractivity contribution in [3.05, 3.63) is 23.8 Å². The maximum absolute atomic E-state index is 11.9. The molecular formula is C10H9F2NOS.